The largest absolute Gasteiger partial charge is 0.353 e. The van der Waals surface area contributed by atoms with Crippen LogP contribution >= 0.6 is 23.1 Å². The topological polar surface area (TPSA) is 81.9 Å². The summed E-state index contributed by atoms with van der Waals surface area (Å²) in [5.41, 5.74) is 0.965. The molecule has 1 aromatic heterocycles. The van der Waals surface area contributed by atoms with Gasteiger partial charge in [-0.1, -0.05) is 35.2 Å². The third-order valence-electron chi connectivity index (χ3n) is 2.73. The Morgan fingerprint density at radius 2 is 2.14 bits per heavy atom. The van der Waals surface area contributed by atoms with Crippen molar-refractivity contribution in [2.75, 3.05) is 24.3 Å². The van der Waals surface area contributed by atoms with E-state index < -0.39 is 0 Å². The van der Waals surface area contributed by atoms with Gasteiger partial charge in [0.1, 0.15) is 6.07 Å². The van der Waals surface area contributed by atoms with Crippen LogP contribution in [0.5, 0.6) is 0 Å². The second-order valence-electron chi connectivity index (χ2n) is 4.65. The first kappa shape index (κ1) is 16.3. The van der Waals surface area contributed by atoms with Gasteiger partial charge in [-0.05, 0) is 19.1 Å². The number of carbonyl (C=O) groups is 1. The molecule has 1 atom stereocenters. The Labute approximate surface area is 137 Å². The van der Waals surface area contributed by atoms with Crippen LogP contribution in [0, 0.1) is 11.3 Å². The fourth-order valence-corrected chi connectivity index (χ4v) is 3.47. The molecule has 8 heteroatoms. The third-order valence-corrected chi connectivity index (χ3v) is 5.01. The summed E-state index contributed by atoms with van der Waals surface area (Å²) in [7, 11) is 3.79. The molecular formula is C14H15N5OS2. The molecule has 0 aliphatic heterocycles. The average molecular weight is 333 g/mol. The van der Waals surface area contributed by atoms with Crippen molar-refractivity contribution < 1.29 is 4.79 Å². The Hall–Kier alpha value is -2.11. The van der Waals surface area contributed by atoms with E-state index in [1.807, 2.05) is 19.0 Å². The van der Waals surface area contributed by atoms with Gasteiger partial charge in [0.05, 0.1) is 16.5 Å². The lowest BCUT2D eigenvalue weighted by Gasteiger charge is -2.11. The van der Waals surface area contributed by atoms with Crippen molar-refractivity contribution in [1.82, 2.24) is 10.2 Å². The highest BCUT2D eigenvalue weighted by Gasteiger charge is 2.18. The molecule has 0 radical (unpaired) electrons. The molecule has 1 amide bonds. The van der Waals surface area contributed by atoms with Gasteiger partial charge in [-0.25, -0.2) is 0 Å². The number of nitrogens with one attached hydrogen (secondary N) is 1. The number of anilines is 2. The molecule has 6 nitrogen and oxygen atoms in total. The second-order valence-corrected chi connectivity index (χ2v) is 7.20. The van der Waals surface area contributed by atoms with Gasteiger partial charge in [0.15, 0.2) is 4.34 Å². The van der Waals surface area contributed by atoms with E-state index in [1.165, 1.54) is 23.1 Å². The average Bonchev–Trinajstić information content (AvgIpc) is 2.96. The first-order valence-electron chi connectivity index (χ1n) is 6.48. The Morgan fingerprint density at radius 1 is 1.41 bits per heavy atom. The summed E-state index contributed by atoms with van der Waals surface area (Å²) in [5.74, 6) is -0.172. The van der Waals surface area contributed by atoms with Crippen LogP contribution in [0.2, 0.25) is 0 Å². The minimum Gasteiger partial charge on any atom is -0.353 e. The number of hydrogen-bond donors (Lipinski definition) is 1. The van der Waals surface area contributed by atoms with Gasteiger partial charge in [0.2, 0.25) is 11.0 Å². The molecule has 0 spiro atoms. The summed E-state index contributed by atoms with van der Waals surface area (Å²) in [6.07, 6.45) is 0. The zero-order valence-electron chi connectivity index (χ0n) is 12.4. The fourth-order valence-electron chi connectivity index (χ4n) is 1.56. The van der Waals surface area contributed by atoms with E-state index in [1.54, 1.807) is 31.2 Å². The fraction of sp³-hybridized carbons (Fsp3) is 0.286. The van der Waals surface area contributed by atoms with Crippen LogP contribution in [0.1, 0.15) is 12.5 Å². The molecule has 0 fully saturated rings. The third kappa shape index (κ3) is 3.96. The van der Waals surface area contributed by atoms with E-state index in [2.05, 4.69) is 21.6 Å². The van der Waals surface area contributed by atoms with Gasteiger partial charge in [0.25, 0.3) is 0 Å². The number of benzene rings is 1. The molecule has 22 heavy (non-hydrogen) atoms. The van der Waals surface area contributed by atoms with E-state index in [0.29, 0.717) is 11.3 Å². The van der Waals surface area contributed by atoms with E-state index in [-0.39, 0.29) is 11.2 Å². The van der Waals surface area contributed by atoms with Crippen LogP contribution in [0.15, 0.2) is 28.6 Å². The highest BCUT2D eigenvalue weighted by atomic mass is 32.2. The molecule has 1 aromatic carbocycles. The van der Waals surface area contributed by atoms with E-state index >= 15 is 0 Å². The normalized spacial score (nSPS) is 11.5. The van der Waals surface area contributed by atoms with E-state index in [4.69, 9.17) is 5.26 Å². The minimum atomic E-state index is -0.338. The second kappa shape index (κ2) is 7.24. The smallest absolute Gasteiger partial charge is 0.237 e. The number of thioether (sulfide) groups is 1. The van der Waals surface area contributed by atoms with Gasteiger partial charge in [0, 0.05) is 14.1 Å². The maximum atomic E-state index is 12.2. The zero-order valence-corrected chi connectivity index (χ0v) is 14.0. The number of aromatic nitrogens is 2. The molecule has 0 saturated carbocycles. The summed E-state index contributed by atoms with van der Waals surface area (Å²) >= 11 is 2.78. The number of nitrogens with zero attached hydrogens (tertiary/aromatic N) is 4. The molecule has 114 valence electrons. The van der Waals surface area contributed by atoms with Crippen molar-refractivity contribution in [1.29, 1.82) is 5.26 Å². The molecule has 1 unspecified atom stereocenters. The van der Waals surface area contributed by atoms with Crippen LogP contribution in [-0.4, -0.2) is 35.4 Å². The Balaban J connectivity index is 2.01. The van der Waals surface area contributed by atoms with E-state index in [0.717, 1.165) is 9.47 Å². The molecule has 0 aliphatic rings. The maximum absolute atomic E-state index is 12.2. The van der Waals surface area contributed by atoms with E-state index in [9.17, 15) is 4.79 Å². The number of rotatable bonds is 5. The Kier molecular flexibility index (Phi) is 5.35. The molecule has 1 N–H and O–H groups in total. The lowest BCUT2D eigenvalue weighted by molar-refractivity contribution is -0.115. The zero-order chi connectivity index (χ0) is 16.1. The van der Waals surface area contributed by atoms with Gasteiger partial charge in [-0.15, -0.1) is 10.2 Å². The van der Waals surface area contributed by atoms with Crippen molar-refractivity contribution in [2.24, 2.45) is 0 Å². The highest BCUT2D eigenvalue weighted by Crippen LogP contribution is 2.30. The Bertz CT molecular complexity index is 707. The number of amides is 1. The van der Waals surface area contributed by atoms with Crippen molar-refractivity contribution >= 4 is 39.8 Å². The molecule has 0 aliphatic carbocycles. The molecule has 1 heterocycles. The van der Waals surface area contributed by atoms with Crippen LogP contribution in [-0.2, 0) is 4.79 Å². The summed E-state index contributed by atoms with van der Waals surface area (Å²) in [6, 6.07) is 8.98. The lowest BCUT2D eigenvalue weighted by Crippen LogP contribution is -2.22. The van der Waals surface area contributed by atoms with Crippen LogP contribution in [0.3, 0.4) is 0 Å². The van der Waals surface area contributed by atoms with Crippen molar-refractivity contribution in [3.05, 3.63) is 29.8 Å². The molecule has 2 rings (SSSR count). The Morgan fingerprint density at radius 3 is 2.77 bits per heavy atom. The van der Waals surface area contributed by atoms with Gasteiger partial charge >= 0.3 is 0 Å². The number of nitriles is 1. The van der Waals surface area contributed by atoms with Gasteiger partial charge < -0.3 is 10.2 Å². The number of carbonyl (C=O) groups excluding carboxylic acids is 1. The highest BCUT2D eigenvalue weighted by molar-refractivity contribution is 8.02. The lowest BCUT2D eigenvalue weighted by atomic mass is 10.2. The van der Waals surface area contributed by atoms with Gasteiger partial charge in [-0.3, -0.25) is 4.79 Å². The molecule has 0 saturated heterocycles. The minimum absolute atomic E-state index is 0.172. The van der Waals surface area contributed by atoms with Crippen molar-refractivity contribution in [2.45, 2.75) is 16.5 Å². The molecule has 2 aromatic rings. The predicted octanol–water partition coefficient (Wildman–Crippen LogP) is 2.60. The summed E-state index contributed by atoms with van der Waals surface area (Å²) in [5, 5.41) is 20.4. The van der Waals surface area contributed by atoms with Crippen molar-refractivity contribution in [3.63, 3.8) is 0 Å². The molecular weight excluding hydrogens is 318 g/mol. The SMILES string of the molecule is CC(Sc1nnc(N(C)C)s1)C(=O)Nc1ccccc1C#N. The summed E-state index contributed by atoms with van der Waals surface area (Å²) in [6.45, 7) is 1.80. The van der Waals surface area contributed by atoms with Crippen LogP contribution in [0.25, 0.3) is 0 Å². The molecule has 0 bridgehead atoms. The predicted molar refractivity (Wildman–Crippen MR) is 89.3 cm³/mol. The first-order valence-corrected chi connectivity index (χ1v) is 8.18. The quantitative estimate of drug-likeness (QED) is 0.847. The van der Waals surface area contributed by atoms with Crippen LogP contribution in [0.4, 0.5) is 10.8 Å². The van der Waals surface area contributed by atoms with Crippen LogP contribution < -0.4 is 10.2 Å². The summed E-state index contributed by atoms with van der Waals surface area (Å²) in [4.78, 5) is 14.1. The monoisotopic (exact) mass is 333 g/mol. The standard InChI is InChI=1S/C14H15N5OS2/c1-9(21-14-18-17-13(22-14)19(2)3)12(20)16-11-7-5-4-6-10(11)8-15/h4-7,9H,1-3H3,(H,16,20). The van der Waals surface area contributed by atoms with Gasteiger partial charge in [-0.2, -0.15) is 5.26 Å². The summed E-state index contributed by atoms with van der Waals surface area (Å²) < 4.78 is 0.736. The van der Waals surface area contributed by atoms with Crippen molar-refractivity contribution in [3.8, 4) is 6.07 Å². The first-order chi connectivity index (χ1) is 10.5. The number of hydrogen-bond acceptors (Lipinski definition) is 7. The number of para-hydroxylation sites is 1. The maximum Gasteiger partial charge on any atom is 0.237 e.